The molecule has 1 aromatic carbocycles. The van der Waals surface area contributed by atoms with E-state index in [0.717, 1.165) is 5.56 Å². The molecule has 2 aliphatic rings. The molecular formula is C17H20ClN3O3. The monoisotopic (exact) mass is 349 g/mol. The maximum atomic E-state index is 12.5. The molecule has 3 rings (SSSR count). The van der Waals surface area contributed by atoms with Crippen LogP contribution in [0.3, 0.4) is 0 Å². The highest BCUT2D eigenvalue weighted by Gasteiger charge is 2.38. The van der Waals surface area contributed by atoms with Crippen molar-refractivity contribution in [1.82, 2.24) is 10.9 Å². The second-order valence-corrected chi connectivity index (χ2v) is 6.71. The fourth-order valence-corrected chi connectivity index (χ4v) is 3.20. The number of hydrazine groups is 1. The predicted octanol–water partition coefficient (Wildman–Crippen LogP) is 1.97. The zero-order valence-corrected chi connectivity index (χ0v) is 14.0. The molecule has 0 saturated carbocycles. The van der Waals surface area contributed by atoms with Gasteiger partial charge < -0.3 is 9.47 Å². The lowest BCUT2D eigenvalue weighted by Crippen LogP contribution is -2.35. The van der Waals surface area contributed by atoms with Gasteiger partial charge in [-0.25, -0.2) is 5.43 Å². The smallest absolute Gasteiger partial charge is 0.312 e. The van der Waals surface area contributed by atoms with E-state index in [1.54, 1.807) is 12.1 Å². The molecule has 2 unspecified atom stereocenters. The van der Waals surface area contributed by atoms with Gasteiger partial charge in [-0.15, -0.1) is 0 Å². The van der Waals surface area contributed by atoms with Crippen LogP contribution in [0.15, 0.2) is 24.3 Å². The summed E-state index contributed by atoms with van der Waals surface area (Å²) in [6.07, 6.45) is 1.19. The number of carbonyl (C=O) groups excluding carboxylic acids is 1. The van der Waals surface area contributed by atoms with Gasteiger partial charge in [0.1, 0.15) is 6.61 Å². The summed E-state index contributed by atoms with van der Waals surface area (Å²) in [5.74, 6) is -0.643. The summed E-state index contributed by atoms with van der Waals surface area (Å²) >= 11 is 5.92. The molecule has 0 bridgehead atoms. The standard InChI is InChI=1S/C17H20ClN3O3/c18-13-3-1-12(2-4-13)15-14(9-20-21-15)16(22)24-11-17(10-19)5-7-23-8-6-17/h1-4,14-15,20-21H,5-9,11H2. The summed E-state index contributed by atoms with van der Waals surface area (Å²) in [6.45, 7) is 1.67. The quantitative estimate of drug-likeness (QED) is 0.809. The first-order valence-corrected chi connectivity index (χ1v) is 8.41. The normalized spacial score (nSPS) is 25.8. The van der Waals surface area contributed by atoms with Gasteiger partial charge in [0, 0.05) is 24.8 Å². The SMILES string of the molecule is N#CC1(COC(=O)C2CNNC2c2ccc(Cl)cc2)CCOCC1. The van der Waals surface area contributed by atoms with Crippen molar-refractivity contribution < 1.29 is 14.3 Å². The van der Waals surface area contributed by atoms with Crippen molar-refractivity contribution in [3.8, 4) is 6.07 Å². The number of hydrogen-bond donors (Lipinski definition) is 2. The number of benzene rings is 1. The van der Waals surface area contributed by atoms with E-state index in [1.807, 2.05) is 12.1 Å². The minimum atomic E-state index is -0.622. The molecule has 2 heterocycles. The summed E-state index contributed by atoms with van der Waals surface area (Å²) in [6, 6.07) is 9.51. The van der Waals surface area contributed by atoms with Gasteiger partial charge in [0.15, 0.2) is 0 Å². The molecule has 2 saturated heterocycles. The van der Waals surface area contributed by atoms with Crippen molar-refractivity contribution in [1.29, 1.82) is 5.26 Å². The van der Waals surface area contributed by atoms with Crippen LogP contribution in [0, 0.1) is 22.7 Å². The maximum absolute atomic E-state index is 12.5. The molecule has 0 aromatic heterocycles. The van der Waals surface area contributed by atoms with Crippen molar-refractivity contribution in [2.24, 2.45) is 11.3 Å². The molecule has 0 aliphatic carbocycles. The Hall–Kier alpha value is -1.65. The van der Waals surface area contributed by atoms with Crippen molar-refractivity contribution >= 4 is 17.6 Å². The Bertz CT molecular complexity index is 623. The first kappa shape index (κ1) is 17.2. The first-order valence-electron chi connectivity index (χ1n) is 8.03. The number of nitrogens with one attached hydrogen (secondary N) is 2. The van der Waals surface area contributed by atoms with E-state index >= 15 is 0 Å². The third-order valence-corrected chi connectivity index (χ3v) is 4.94. The van der Waals surface area contributed by atoms with Gasteiger partial charge in [-0.3, -0.25) is 10.2 Å². The fourth-order valence-electron chi connectivity index (χ4n) is 3.07. The van der Waals surface area contributed by atoms with Crippen LogP contribution in [0.1, 0.15) is 24.4 Å². The Kier molecular flexibility index (Phi) is 5.36. The van der Waals surface area contributed by atoms with Crippen molar-refractivity contribution in [3.05, 3.63) is 34.9 Å². The molecule has 0 amide bonds. The zero-order valence-electron chi connectivity index (χ0n) is 13.3. The second-order valence-electron chi connectivity index (χ2n) is 6.27. The van der Waals surface area contributed by atoms with E-state index in [2.05, 4.69) is 16.9 Å². The van der Waals surface area contributed by atoms with Crippen LogP contribution in [0.25, 0.3) is 0 Å². The molecule has 0 spiro atoms. The number of carbonyl (C=O) groups is 1. The average Bonchev–Trinajstić information content (AvgIpc) is 3.11. The van der Waals surface area contributed by atoms with Crippen LogP contribution >= 0.6 is 11.6 Å². The summed E-state index contributed by atoms with van der Waals surface area (Å²) in [4.78, 5) is 12.5. The van der Waals surface area contributed by atoms with Gasteiger partial charge in [-0.1, -0.05) is 23.7 Å². The Balaban J connectivity index is 1.63. The molecular weight excluding hydrogens is 330 g/mol. The van der Waals surface area contributed by atoms with E-state index < -0.39 is 5.41 Å². The number of halogens is 1. The largest absolute Gasteiger partial charge is 0.464 e. The molecule has 6 nitrogen and oxygen atoms in total. The summed E-state index contributed by atoms with van der Waals surface area (Å²) < 4.78 is 10.8. The maximum Gasteiger partial charge on any atom is 0.312 e. The average molecular weight is 350 g/mol. The van der Waals surface area contributed by atoms with Crippen LogP contribution in [0.5, 0.6) is 0 Å². The minimum absolute atomic E-state index is 0.121. The van der Waals surface area contributed by atoms with Gasteiger partial charge in [-0.05, 0) is 30.5 Å². The lowest BCUT2D eigenvalue weighted by molar-refractivity contribution is -0.152. The number of ether oxygens (including phenoxy) is 2. The molecule has 24 heavy (non-hydrogen) atoms. The summed E-state index contributed by atoms with van der Waals surface area (Å²) in [7, 11) is 0. The number of nitrogens with zero attached hydrogens (tertiary/aromatic N) is 1. The van der Waals surface area contributed by atoms with Crippen LogP contribution in [0.4, 0.5) is 0 Å². The third-order valence-electron chi connectivity index (χ3n) is 4.69. The van der Waals surface area contributed by atoms with Gasteiger partial charge >= 0.3 is 5.97 Å². The number of nitriles is 1. The second kappa shape index (κ2) is 7.49. The van der Waals surface area contributed by atoms with E-state index in [0.29, 0.717) is 37.6 Å². The summed E-state index contributed by atoms with van der Waals surface area (Å²) in [5, 5.41) is 10.1. The molecule has 7 heteroatoms. The van der Waals surface area contributed by atoms with Gasteiger partial charge in [0.25, 0.3) is 0 Å². The van der Waals surface area contributed by atoms with E-state index in [1.165, 1.54) is 0 Å². The van der Waals surface area contributed by atoms with Crippen molar-refractivity contribution in [3.63, 3.8) is 0 Å². The van der Waals surface area contributed by atoms with Crippen molar-refractivity contribution in [2.75, 3.05) is 26.4 Å². The molecule has 2 N–H and O–H groups in total. The van der Waals surface area contributed by atoms with E-state index in [4.69, 9.17) is 21.1 Å². The van der Waals surface area contributed by atoms with Crippen LogP contribution in [-0.2, 0) is 14.3 Å². The number of esters is 1. The van der Waals surface area contributed by atoms with E-state index in [9.17, 15) is 10.1 Å². The minimum Gasteiger partial charge on any atom is -0.464 e. The highest BCUT2D eigenvalue weighted by Crippen LogP contribution is 2.32. The van der Waals surface area contributed by atoms with Crippen LogP contribution < -0.4 is 10.9 Å². The van der Waals surface area contributed by atoms with Crippen LogP contribution in [-0.4, -0.2) is 32.3 Å². The van der Waals surface area contributed by atoms with Crippen LogP contribution in [0.2, 0.25) is 5.02 Å². The first-order chi connectivity index (χ1) is 11.6. The predicted molar refractivity (Wildman–Crippen MR) is 87.9 cm³/mol. The van der Waals surface area contributed by atoms with Gasteiger partial charge in [0.05, 0.1) is 23.4 Å². The number of hydrogen-bond acceptors (Lipinski definition) is 6. The lowest BCUT2D eigenvalue weighted by Gasteiger charge is -2.30. The van der Waals surface area contributed by atoms with E-state index in [-0.39, 0.29) is 24.5 Å². The topological polar surface area (TPSA) is 83.4 Å². The molecule has 1 aromatic rings. The van der Waals surface area contributed by atoms with Gasteiger partial charge in [0.2, 0.25) is 0 Å². The molecule has 2 fully saturated rings. The highest BCUT2D eigenvalue weighted by atomic mass is 35.5. The highest BCUT2D eigenvalue weighted by molar-refractivity contribution is 6.30. The molecule has 2 atom stereocenters. The molecule has 2 aliphatic heterocycles. The molecule has 128 valence electrons. The fraction of sp³-hybridized carbons (Fsp3) is 0.529. The Morgan fingerprint density at radius 3 is 2.75 bits per heavy atom. The molecule has 0 radical (unpaired) electrons. The number of rotatable bonds is 4. The third kappa shape index (κ3) is 3.70. The Morgan fingerprint density at radius 1 is 1.38 bits per heavy atom. The van der Waals surface area contributed by atoms with Gasteiger partial charge in [-0.2, -0.15) is 5.26 Å². The lowest BCUT2D eigenvalue weighted by atomic mass is 9.82. The zero-order chi connectivity index (χ0) is 17.0. The Morgan fingerprint density at radius 2 is 2.08 bits per heavy atom. The Labute approximate surface area is 146 Å². The summed E-state index contributed by atoms with van der Waals surface area (Å²) in [5.41, 5.74) is 6.46. The van der Waals surface area contributed by atoms with Crippen molar-refractivity contribution in [2.45, 2.75) is 18.9 Å².